The number of ether oxygens (including phenoxy) is 2. The predicted molar refractivity (Wildman–Crippen MR) is 158 cm³/mol. The van der Waals surface area contributed by atoms with Crippen LogP contribution in [-0.2, 0) is 23.3 Å². The Labute approximate surface area is 240 Å². The Kier molecular flexibility index (Phi) is 9.16. The van der Waals surface area contributed by atoms with Gasteiger partial charge >= 0.3 is 22.8 Å². The summed E-state index contributed by atoms with van der Waals surface area (Å²) in [5.74, 6) is 0.222. The van der Waals surface area contributed by atoms with Crippen molar-refractivity contribution in [2.75, 3.05) is 13.2 Å². The molecule has 2 aromatic rings. The zero-order chi connectivity index (χ0) is 29.5. The van der Waals surface area contributed by atoms with Crippen LogP contribution >= 0.6 is 0 Å². The Morgan fingerprint density at radius 1 is 1.00 bits per heavy atom. The van der Waals surface area contributed by atoms with E-state index in [1.807, 2.05) is 37.3 Å². The van der Waals surface area contributed by atoms with Crippen LogP contribution in [0, 0.1) is 0 Å². The molecule has 4 atom stereocenters. The summed E-state index contributed by atoms with van der Waals surface area (Å²) in [6.45, 7) is 19.6. The molecule has 1 aromatic carbocycles. The van der Waals surface area contributed by atoms with Gasteiger partial charge in [-0.05, 0) is 34.7 Å². The highest BCUT2D eigenvalue weighted by molar-refractivity contribution is 6.84. The molecule has 1 N–H and O–H groups in total. The standard InChI is InChI=1S/C29H46N2O7Si2/c1-10-34-25-16-17-31(28(32)30-25)27-29(33,23-14-12-11-13-15-23)26-24(36-27)18-35-39(19(2)3,20(4)5)38-40(37-26,21(6)7)22(8)9/h11-17,19-22,24,26-27,33H,10,18H2,1-9H3/t24-,26-,27-,29+/m1/s1. The summed E-state index contributed by atoms with van der Waals surface area (Å²) in [4.78, 5) is 17.4. The van der Waals surface area contributed by atoms with Gasteiger partial charge in [0.05, 0.1) is 13.2 Å². The fraction of sp³-hybridized carbons (Fsp3) is 0.655. The van der Waals surface area contributed by atoms with Gasteiger partial charge < -0.3 is 27.5 Å². The lowest BCUT2D eigenvalue weighted by Gasteiger charge is -2.52. The van der Waals surface area contributed by atoms with Crippen LogP contribution in [0.25, 0.3) is 0 Å². The number of aliphatic hydroxyl groups is 1. The van der Waals surface area contributed by atoms with Crippen molar-refractivity contribution < 1.29 is 27.5 Å². The third-order valence-corrected chi connectivity index (χ3v) is 18.6. The maximum atomic E-state index is 13.3. The van der Waals surface area contributed by atoms with Gasteiger partial charge in [-0.1, -0.05) is 85.7 Å². The zero-order valence-electron chi connectivity index (χ0n) is 25.3. The number of nitrogens with zero attached hydrogens (tertiary/aromatic N) is 2. The number of aromatic nitrogens is 2. The summed E-state index contributed by atoms with van der Waals surface area (Å²) in [5.41, 5.74) is -1.26. The Balaban J connectivity index is 1.92. The first-order chi connectivity index (χ1) is 18.8. The Bertz CT molecular complexity index is 1190. The first-order valence-corrected chi connectivity index (χ1v) is 18.4. The Morgan fingerprint density at radius 3 is 2.12 bits per heavy atom. The van der Waals surface area contributed by atoms with Crippen LogP contribution in [-0.4, -0.2) is 57.2 Å². The van der Waals surface area contributed by atoms with Crippen molar-refractivity contribution in [3.63, 3.8) is 0 Å². The molecule has 2 fully saturated rings. The van der Waals surface area contributed by atoms with Crippen molar-refractivity contribution in [1.82, 2.24) is 9.55 Å². The minimum atomic E-state index is -3.08. The minimum absolute atomic E-state index is 0.0631. The molecule has 40 heavy (non-hydrogen) atoms. The summed E-state index contributed by atoms with van der Waals surface area (Å²) >= 11 is 0. The first kappa shape index (κ1) is 31.1. The van der Waals surface area contributed by atoms with Crippen LogP contribution in [0.5, 0.6) is 5.88 Å². The summed E-state index contributed by atoms with van der Waals surface area (Å²) in [6.07, 6.45) is -1.04. The number of hydrogen-bond donors (Lipinski definition) is 1. The lowest BCUT2D eigenvalue weighted by molar-refractivity contribution is -0.116. The van der Waals surface area contributed by atoms with Gasteiger partial charge in [-0.3, -0.25) is 4.57 Å². The second kappa shape index (κ2) is 11.8. The first-order valence-electron chi connectivity index (χ1n) is 14.5. The van der Waals surface area contributed by atoms with Crippen molar-refractivity contribution in [3.05, 3.63) is 58.6 Å². The van der Waals surface area contributed by atoms with Gasteiger partial charge in [-0.15, -0.1) is 0 Å². The second-order valence-electron chi connectivity index (χ2n) is 12.1. The third kappa shape index (κ3) is 5.14. The molecule has 2 aliphatic rings. The smallest absolute Gasteiger partial charge is 0.353 e. The van der Waals surface area contributed by atoms with E-state index in [1.54, 1.807) is 12.3 Å². The highest BCUT2D eigenvalue weighted by atomic mass is 28.5. The number of benzene rings is 1. The Morgan fingerprint density at radius 2 is 1.60 bits per heavy atom. The van der Waals surface area contributed by atoms with Crippen molar-refractivity contribution in [2.24, 2.45) is 0 Å². The van der Waals surface area contributed by atoms with Gasteiger partial charge in [-0.25, -0.2) is 4.79 Å². The molecule has 0 spiro atoms. The van der Waals surface area contributed by atoms with Crippen LogP contribution in [0.2, 0.25) is 22.2 Å². The fourth-order valence-corrected chi connectivity index (χ4v) is 17.5. The maximum Gasteiger partial charge on any atom is 0.353 e. The molecule has 0 unspecified atom stereocenters. The molecule has 2 saturated heterocycles. The summed E-state index contributed by atoms with van der Waals surface area (Å²) in [7, 11) is -5.90. The number of hydrogen-bond acceptors (Lipinski definition) is 8. The van der Waals surface area contributed by atoms with Crippen molar-refractivity contribution in [1.29, 1.82) is 0 Å². The lowest BCUT2D eigenvalue weighted by Crippen LogP contribution is -2.66. The molecular weight excluding hydrogens is 544 g/mol. The van der Waals surface area contributed by atoms with Crippen LogP contribution < -0.4 is 10.4 Å². The molecule has 1 aromatic heterocycles. The van der Waals surface area contributed by atoms with E-state index in [0.29, 0.717) is 12.2 Å². The van der Waals surface area contributed by atoms with Crippen molar-refractivity contribution >= 4 is 17.1 Å². The molecule has 2 aliphatic heterocycles. The van der Waals surface area contributed by atoms with E-state index in [9.17, 15) is 9.90 Å². The van der Waals surface area contributed by atoms with Gasteiger partial charge in [0.1, 0.15) is 12.2 Å². The monoisotopic (exact) mass is 590 g/mol. The van der Waals surface area contributed by atoms with Gasteiger partial charge in [-0.2, -0.15) is 4.98 Å². The average Bonchev–Trinajstić information content (AvgIpc) is 3.15. The van der Waals surface area contributed by atoms with Gasteiger partial charge in [0, 0.05) is 12.3 Å². The molecule has 0 aliphatic carbocycles. The Hall–Kier alpha value is -1.87. The SMILES string of the molecule is CCOc1ccn([C@@H]2O[C@@H]3CO[Si](C(C)C)(C(C)C)O[Si](C(C)C)(C(C)C)O[C@H]3[C@@]2(O)c2ccccc2)c(=O)n1. The largest absolute Gasteiger partial charge is 0.478 e. The highest BCUT2D eigenvalue weighted by Gasteiger charge is 2.66. The second-order valence-corrected chi connectivity index (χ2v) is 21.0. The van der Waals surface area contributed by atoms with E-state index in [1.165, 1.54) is 4.57 Å². The molecule has 4 rings (SSSR count). The molecule has 11 heteroatoms. The number of fused-ring (bicyclic) bond motifs is 1. The minimum Gasteiger partial charge on any atom is -0.478 e. The molecule has 0 radical (unpaired) electrons. The average molecular weight is 591 g/mol. The third-order valence-electron chi connectivity index (χ3n) is 8.36. The lowest BCUT2D eigenvalue weighted by atomic mass is 9.86. The van der Waals surface area contributed by atoms with Gasteiger partial charge in [0.25, 0.3) is 0 Å². The molecule has 0 bridgehead atoms. The normalized spacial score (nSPS) is 28.1. The van der Waals surface area contributed by atoms with E-state index in [2.05, 4.69) is 60.4 Å². The topological polar surface area (TPSA) is 101 Å². The molecule has 222 valence electrons. The van der Waals surface area contributed by atoms with E-state index in [4.69, 9.17) is 22.4 Å². The molecule has 0 saturated carbocycles. The zero-order valence-corrected chi connectivity index (χ0v) is 27.3. The molecule has 3 heterocycles. The van der Waals surface area contributed by atoms with Crippen molar-refractivity contribution in [2.45, 2.75) is 109 Å². The predicted octanol–water partition coefficient (Wildman–Crippen LogP) is 5.38. The highest BCUT2D eigenvalue weighted by Crippen LogP contribution is 2.53. The molecule has 0 amide bonds. The quantitative estimate of drug-likeness (QED) is 0.409. The van der Waals surface area contributed by atoms with Crippen molar-refractivity contribution in [3.8, 4) is 5.88 Å². The van der Waals surface area contributed by atoms with Gasteiger partial charge in [0.2, 0.25) is 5.88 Å². The summed E-state index contributed by atoms with van der Waals surface area (Å²) < 4.78 is 34.8. The van der Waals surface area contributed by atoms with E-state index in [-0.39, 0.29) is 34.7 Å². The van der Waals surface area contributed by atoms with Crippen LogP contribution in [0.4, 0.5) is 0 Å². The van der Waals surface area contributed by atoms with Crippen LogP contribution in [0.1, 0.15) is 74.1 Å². The molecule has 9 nitrogen and oxygen atoms in total. The number of rotatable bonds is 8. The van der Waals surface area contributed by atoms with E-state index < -0.39 is 46.8 Å². The van der Waals surface area contributed by atoms with E-state index in [0.717, 1.165) is 0 Å². The van der Waals surface area contributed by atoms with Crippen LogP contribution in [0.3, 0.4) is 0 Å². The fourth-order valence-electron chi connectivity index (χ4n) is 6.27. The summed E-state index contributed by atoms with van der Waals surface area (Å²) in [5, 5.41) is 12.8. The van der Waals surface area contributed by atoms with E-state index >= 15 is 0 Å². The van der Waals surface area contributed by atoms with Crippen LogP contribution in [0.15, 0.2) is 47.4 Å². The van der Waals surface area contributed by atoms with Gasteiger partial charge in [0.15, 0.2) is 11.8 Å². The summed E-state index contributed by atoms with van der Waals surface area (Å²) in [6, 6.07) is 10.9. The molecular formula is C29H46N2O7Si2. The maximum absolute atomic E-state index is 13.3.